The second kappa shape index (κ2) is 6.55. The first-order chi connectivity index (χ1) is 8.65. The summed E-state index contributed by atoms with van der Waals surface area (Å²) in [5.41, 5.74) is 6.01. The van der Waals surface area contributed by atoms with Crippen molar-refractivity contribution in [2.75, 3.05) is 13.2 Å². The van der Waals surface area contributed by atoms with Gasteiger partial charge in [-0.3, -0.25) is 4.79 Å². The zero-order valence-corrected chi connectivity index (χ0v) is 11.5. The number of ether oxygens (including phenoxy) is 1. The van der Waals surface area contributed by atoms with E-state index < -0.39 is 5.41 Å². The number of ketones is 1. The molecule has 0 amide bonds. The highest BCUT2D eigenvalue weighted by Crippen LogP contribution is 2.33. The molecule has 100 valence electrons. The molecule has 0 atom stereocenters. The van der Waals surface area contributed by atoms with E-state index in [1.165, 1.54) is 0 Å². The topological polar surface area (TPSA) is 52.3 Å². The summed E-state index contributed by atoms with van der Waals surface area (Å²) in [5.74, 6) is 0.753. The van der Waals surface area contributed by atoms with Crippen LogP contribution in [0.3, 0.4) is 0 Å². The minimum atomic E-state index is -0.465. The van der Waals surface area contributed by atoms with Gasteiger partial charge in [0.15, 0.2) is 5.78 Å². The number of rotatable bonds is 7. The monoisotopic (exact) mass is 249 g/mol. The number of Topliss-reactive ketones (excluding diaryl/α,β-unsaturated/α-hetero) is 1. The van der Waals surface area contributed by atoms with E-state index in [-0.39, 0.29) is 5.78 Å². The molecule has 0 aromatic heterocycles. The number of carbonyl (C=O) groups excluding carboxylic acids is 1. The van der Waals surface area contributed by atoms with Crippen LogP contribution in [0.15, 0.2) is 24.3 Å². The number of hydrogen-bond donors (Lipinski definition) is 1. The van der Waals surface area contributed by atoms with Gasteiger partial charge in [-0.1, -0.05) is 26.0 Å². The molecule has 1 rings (SSSR count). The van der Waals surface area contributed by atoms with Crippen LogP contribution in [0.25, 0.3) is 0 Å². The molecule has 1 aromatic carbocycles. The lowest BCUT2D eigenvalue weighted by molar-refractivity contribution is 0.0783. The lowest BCUT2D eigenvalue weighted by Crippen LogP contribution is -2.37. The molecule has 0 heterocycles. The summed E-state index contributed by atoms with van der Waals surface area (Å²) in [6.07, 6.45) is 1.50. The standard InChI is InChI=1S/C15H23NO2/c1-4-15(5-2,11-16)14(17)12-9-7-8-10-13(12)18-6-3/h7-10H,4-6,11,16H2,1-3H3. The van der Waals surface area contributed by atoms with Gasteiger partial charge in [0.05, 0.1) is 12.2 Å². The van der Waals surface area contributed by atoms with Crippen LogP contribution >= 0.6 is 0 Å². The number of para-hydroxylation sites is 1. The molecule has 18 heavy (non-hydrogen) atoms. The van der Waals surface area contributed by atoms with Crippen LogP contribution in [-0.4, -0.2) is 18.9 Å². The van der Waals surface area contributed by atoms with Crippen molar-refractivity contribution in [3.05, 3.63) is 29.8 Å². The quantitative estimate of drug-likeness (QED) is 0.756. The van der Waals surface area contributed by atoms with E-state index in [9.17, 15) is 4.79 Å². The summed E-state index contributed by atoms with van der Waals surface area (Å²) in [7, 11) is 0. The van der Waals surface area contributed by atoms with Gasteiger partial charge in [0.25, 0.3) is 0 Å². The zero-order valence-electron chi connectivity index (χ0n) is 11.5. The first-order valence-corrected chi connectivity index (χ1v) is 6.61. The molecule has 0 saturated heterocycles. The summed E-state index contributed by atoms with van der Waals surface area (Å²) in [6.45, 7) is 6.86. The van der Waals surface area contributed by atoms with Crippen molar-refractivity contribution in [2.24, 2.45) is 11.1 Å². The van der Waals surface area contributed by atoms with Gasteiger partial charge in [-0.05, 0) is 31.9 Å². The van der Waals surface area contributed by atoms with Crippen LogP contribution in [-0.2, 0) is 0 Å². The lowest BCUT2D eigenvalue weighted by Gasteiger charge is -2.29. The second-order valence-electron chi connectivity index (χ2n) is 4.45. The molecule has 0 fully saturated rings. The fourth-order valence-electron chi connectivity index (χ4n) is 2.17. The van der Waals surface area contributed by atoms with Gasteiger partial charge in [-0.25, -0.2) is 0 Å². The molecule has 2 N–H and O–H groups in total. The van der Waals surface area contributed by atoms with E-state index >= 15 is 0 Å². The zero-order chi connectivity index (χ0) is 13.6. The predicted molar refractivity (Wildman–Crippen MR) is 74.0 cm³/mol. The fraction of sp³-hybridized carbons (Fsp3) is 0.533. The number of carbonyl (C=O) groups is 1. The highest BCUT2D eigenvalue weighted by Gasteiger charge is 2.35. The molecule has 0 spiro atoms. The van der Waals surface area contributed by atoms with Gasteiger partial charge in [0.1, 0.15) is 5.75 Å². The molecule has 0 saturated carbocycles. The molecule has 0 aliphatic rings. The molecule has 0 radical (unpaired) electrons. The van der Waals surface area contributed by atoms with Crippen molar-refractivity contribution >= 4 is 5.78 Å². The normalized spacial score (nSPS) is 11.3. The molecule has 1 aromatic rings. The number of hydrogen-bond acceptors (Lipinski definition) is 3. The average molecular weight is 249 g/mol. The maximum atomic E-state index is 12.7. The molecular weight excluding hydrogens is 226 g/mol. The van der Waals surface area contributed by atoms with Crippen LogP contribution in [0.5, 0.6) is 5.75 Å². The Morgan fingerprint density at radius 3 is 2.33 bits per heavy atom. The number of nitrogens with two attached hydrogens (primary N) is 1. The number of benzene rings is 1. The average Bonchev–Trinajstić information content (AvgIpc) is 2.42. The van der Waals surface area contributed by atoms with Gasteiger partial charge < -0.3 is 10.5 Å². The summed E-state index contributed by atoms with van der Waals surface area (Å²) < 4.78 is 5.53. The Morgan fingerprint density at radius 2 is 1.83 bits per heavy atom. The van der Waals surface area contributed by atoms with Crippen molar-refractivity contribution in [2.45, 2.75) is 33.6 Å². The third-order valence-electron chi connectivity index (χ3n) is 3.66. The lowest BCUT2D eigenvalue weighted by atomic mass is 9.75. The van der Waals surface area contributed by atoms with E-state index in [1.807, 2.05) is 45.0 Å². The maximum absolute atomic E-state index is 12.7. The summed E-state index contributed by atoms with van der Waals surface area (Å²) in [4.78, 5) is 12.7. The Bertz CT molecular complexity index is 389. The molecule has 3 nitrogen and oxygen atoms in total. The van der Waals surface area contributed by atoms with E-state index in [0.29, 0.717) is 24.5 Å². The van der Waals surface area contributed by atoms with Crippen molar-refractivity contribution in [1.29, 1.82) is 0 Å². The third-order valence-corrected chi connectivity index (χ3v) is 3.66. The largest absolute Gasteiger partial charge is 0.493 e. The maximum Gasteiger partial charge on any atom is 0.173 e. The Morgan fingerprint density at radius 1 is 1.22 bits per heavy atom. The van der Waals surface area contributed by atoms with E-state index in [0.717, 1.165) is 12.8 Å². The van der Waals surface area contributed by atoms with Crippen LogP contribution in [0.2, 0.25) is 0 Å². The highest BCUT2D eigenvalue weighted by atomic mass is 16.5. The van der Waals surface area contributed by atoms with Crippen LogP contribution in [0.4, 0.5) is 0 Å². The molecule has 0 bridgehead atoms. The second-order valence-corrected chi connectivity index (χ2v) is 4.45. The van der Waals surface area contributed by atoms with Gasteiger partial charge >= 0.3 is 0 Å². The first-order valence-electron chi connectivity index (χ1n) is 6.61. The minimum Gasteiger partial charge on any atom is -0.493 e. The van der Waals surface area contributed by atoms with Crippen LogP contribution < -0.4 is 10.5 Å². The van der Waals surface area contributed by atoms with Crippen molar-refractivity contribution in [3.8, 4) is 5.75 Å². The Kier molecular flexibility index (Phi) is 5.35. The Labute approximate surface area is 109 Å². The third kappa shape index (κ3) is 2.72. The summed E-state index contributed by atoms with van der Waals surface area (Å²) in [6, 6.07) is 7.40. The Balaban J connectivity index is 3.16. The fourth-order valence-corrected chi connectivity index (χ4v) is 2.17. The Hall–Kier alpha value is -1.35. The van der Waals surface area contributed by atoms with Crippen LogP contribution in [0, 0.1) is 5.41 Å². The summed E-state index contributed by atoms with van der Waals surface area (Å²) in [5, 5.41) is 0. The van der Waals surface area contributed by atoms with E-state index in [2.05, 4.69) is 0 Å². The van der Waals surface area contributed by atoms with Gasteiger partial charge in [-0.2, -0.15) is 0 Å². The smallest absolute Gasteiger partial charge is 0.173 e. The van der Waals surface area contributed by atoms with Crippen molar-refractivity contribution < 1.29 is 9.53 Å². The van der Waals surface area contributed by atoms with E-state index in [4.69, 9.17) is 10.5 Å². The van der Waals surface area contributed by atoms with Gasteiger partial charge in [0, 0.05) is 12.0 Å². The van der Waals surface area contributed by atoms with Gasteiger partial charge in [0.2, 0.25) is 0 Å². The SMILES string of the molecule is CCOc1ccccc1C(=O)C(CC)(CC)CN. The minimum absolute atomic E-state index is 0.0963. The van der Waals surface area contributed by atoms with Crippen LogP contribution in [0.1, 0.15) is 44.0 Å². The molecule has 3 heteroatoms. The van der Waals surface area contributed by atoms with Crippen molar-refractivity contribution in [1.82, 2.24) is 0 Å². The molecule has 0 unspecified atom stereocenters. The molecular formula is C15H23NO2. The van der Waals surface area contributed by atoms with E-state index in [1.54, 1.807) is 0 Å². The predicted octanol–water partition coefficient (Wildman–Crippen LogP) is 3.03. The first kappa shape index (κ1) is 14.7. The molecule has 0 aliphatic heterocycles. The van der Waals surface area contributed by atoms with Gasteiger partial charge in [-0.15, -0.1) is 0 Å². The molecule has 0 aliphatic carbocycles. The highest BCUT2D eigenvalue weighted by molar-refractivity contribution is 6.02. The summed E-state index contributed by atoms with van der Waals surface area (Å²) >= 11 is 0. The van der Waals surface area contributed by atoms with Crippen molar-refractivity contribution in [3.63, 3.8) is 0 Å².